The lowest BCUT2D eigenvalue weighted by atomic mass is 9.91. The normalized spacial score (nSPS) is 20.4. The molecule has 2 aromatic rings. The van der Waals surface area contributed by atoms with Gasteiger partial charge in [-0.25, -0.2) is 0 Å². The Balaban J connectivity index is 0.00000192. The van der Waals surface area contributed by atoms with Crippen LogP contribution >= 0.6 is 12.4 Å². The standard InChI is InChI=1S/C19H22N2O.ClH/c20-17-10-12-18(13-11-17)21-19(22)16-8-6-15(7-9-16)14-4-2-1-3-5-14;/h1-9,17-18H,10-13,20H2,(H,21,22);1H. The second kappa shape index (κ2) is 8.14. The fourth-order valence-corrected chi connectivity index (χ4v) is 2.98. The molecule has 0 saturated heterocycles. The van der Waals surface area contributed by atoms with E-state index in [1.54, 1.807) is 0 Å². The van der Waals surface area contributed by atoms with Gasteiger partial charge in [0, 0.05) is 17.6 Å². The van der Waals surface area contributed by atoms with E-state index in [0.717, 1.165) is 42.4 Å². The zero-order chi connectivity index (χ0) is 15.4. The third kappa shape index (κ3) is 4.57. The largest absolute Gasteiger partial charge is 0.349 e. The quantitative estimate of drug-likeness (QED) is 0.900. The van der Waals surface area contributed by atoms with Crippen molar-refractivity contribution in [1.82, 2.24) is 5.32 Å². The minimum Gasteiger partial charge on any atom is -0.349 e. The monoisotopic (exact) mass is 330 g/mol. The Labute approximate surface area is 143 Å². The smallest absolute Gasteiger partial charge is 0.251 e. The molecule has 2 aromatic carbocycles. The second-order valence-corrected chi connectivity index (χ2v) is 6.03. The van der Waals surface area contributed by atoms with Crippen LogP contribution in [0.1, 0.15) is 36.0 Å². The number of hydrogen-bond acceptors (Lipinski definition) is 2. The van der Waals surface area contributed by atoms with Gasteiger partial charge in [-0.15, -0.1) is 12.4 Å². The van der Waals surface area contributed by atoms with Crippen molar-refractivity contribution in [2.75, 3.05) is 0 Å². The zero-order valence-corrected chi connectivity index (χ0v) is 13.9. The molecule has 0 heterocycles. The summed E-state index contributed by atoms with van der Waals surface area (Å²) in [7, 11) is 0. The van der Waals surface area contributed by atoms with Crippen molar-refractivity contribution in [3.8, 4) is 11.1 Å². The lowest BCUT2D eigenvalue weighted by Gasteiger charge is -2.26. The Morgan fingerprint density at radius 3 is 2.04 bits per heavy atom. The van der Waals surface area contributed by atoms with Crippen LogP contribution in [0.5, 0.6) is 0 Å². The van der Waals surface area contributed by atoms with Crippen LogP contribution in [0.4, 0.5) is 0 Å². The van der Waals surface area contributed by atoms with Crippen molar-refractivity contribution in [2.45, 2.75) is 37.8 Å². The van der Waals surface area contributed by atoms with E-state index in [4.69, 9.17) is 5.73 Å². The van der Waals surface area contributed by atoms with Crippen molar-refractivity contribution in [3.05, 3.63) is 60.2 Å². The molecule has 0 radical (unpaired) electrons. The zero-order valence-electron chi connectivity index (χ0n) is 13.1. The van der Waals surface area contributed by atoms with Crippen molar-refractivity contribution in [2.24, 2.45) is 5.73 Å². The van der Waals surface area contributed by atoms with Gasteiger partial charge in [0.1, 0.15) is 0 Å². The van der Waals surface area contributed by atoms with E-state index >= 15 is 0 Å². The van der Waals surface area contributed by atoms with E-state index < -0.39 is 0 Å². The number of hydrogen-bond donors (Lipinski definition) is 2. The highest BCUT2D eigenvalue weighted by molar-refractivity contribution is 5.94. The first-order valence-electron chi connectivity index (χ1n) is 7.94. The Morgan fingerprint density at radius 1 is 0.870 bits per heavy atom. The first-order valence-corrected chi connectivity index (χ1v) is 7.94. The number of carbonyl (C=O) groups excluding carboxylic acids is 1. The molecule has 1 amide bonds. The van der Waals surface area contributed by atoms with Gasteiger partial charge < -0.3 is 11.1 Å². The van der Waals surface area contributed by atoms with E-state index in [2.05, 4.69) is 17.4 Å². The van der Waals surface area contributed by atoms with Gasteiger partial charge in [0.05, 0.1) is 0 Å². The molecule has 0 aromatic heterocycles. The Morgan fingerprint density at radius 2 is 1.43 bits per heavy atom. The van der Waals surface area contributed by atoms with Gasteiger partial charge in [-0.1, -0.05) is 42.5 Å². The molecule has 1 aliphatic carbocycles. The molecular weight excluding hydrogens is 308 g/mol. The van der Waals surface area contributed by atoms with Gasteiger partial charge in [0.25, 0.3) is 5.91 Å². The molecule has 1 aliphatic rings. The highest BCUT2D eigenvalue weighted by Gasteiger charge is 2.20. The average molecular weight is 331 g/mol. The average Bonchev–Trinajstić information content (AvgIpc) is 2.58. The number of rotatable bonds is 3. The SMILES string of the molecule is Cl.NC1CCC(NC(=O)c2ccc(-c3ccccc3)cc2)CC1. The van der Waals surface area contributed by atoms with E-state index in [0.29, 0.717) is 6.04 Å². The minimum atomic E-state index is 0. The van der Waals surface area contributed by atoms with E-state index in [9.17, 15) is 4.79 Å². The predicted octanol–water partition coefficient (Wildman–Crippen LogP) is 3.78. The topological polar surface area (TPSA) is 55.1 Å². The van der Waals surface area contributed by atoms with Gasteiger partial charge in [-0.3, -0.25) is 4.79 Å². The maximum absolute atomic E-state index is 12.3. The highest BCUT2D eigenvalue weighted by atomic mass is 35.5. The van der Waals surface area contributed by atoms with Crippen molar-refractivity contribution < 1.29 is 4.79 Å². The summed E-state index contributed by atoms with van der Waals surface area (Å²) in [5, 5.41) is 3.12. The molecule has 122 valence electrons. The van der Waals surface area contributed by atoms with Crippen molar-refractivity contribution >= 4 is 18.3 Å². The van der Waals surface area contributed by atoms with E-state index in [1.165, 1.54) is 0 Å². The molecule has 3 rings (SSSR count). The fraction of sp³-hybridized carbons (Fsp3) is 0.316. The van der Waals surface area contributed by atoms with E-state index in [1.807, 2.05) is 42.5 Å². The summed E-state index contributed by atoms with van der Waals surface area (Å²) in [5.74, 6) is 0.0140. The number of amides is 1. The molecule has 3 nitrogen and oxygen atoms in total. The lowest BCUT2D eigenvalue weighted by Crippen LogP contribution is -2.40. The first-order chi connectivity index (χ1) is 10.7. The molecule has 3 N–H and O–H groups in total. The maximum atomic E-state index is 12.3. The molecule has 23 heavy (non-hydrogen) atoms. The van der Waals surface area contributed by atoms with Gasteiger partial charge in [0.15, 0.2) is 0 Å². The number of halogens is 1. The molecule has 4 heteroatoms. The van der Waals surface area contributed by atoms with Crippen LogP contribution in [0.25, 0.3) is 11.1 Å². The molecule has 0 atom stereocenters. The van der Waals surface area contributed by atoms with Crippen LogP contribution in [0, 0.1) is 0 Å². The minimum absolute atomic E-state index is 0. The molecule has 1 saturated carbocycles. The van der Waals surface area contributed by atoms with Crippen LogP contribution < -0.4 is 11.1 Å². The number of nitrogens with two attached hydrogens (primary N) is 1. The van der Waals surface area contributed by atoms with Crippen LogP contribution in [0.15, 0.2) is 54.6 Å². The molecule has 0 unspecified atom stereocenters. The van der Waals surface area contributed by atoms with Crippen LogP contribution in [0.2, 0.25) is 0 Å². The fourth-order valence-electron chi connectivity index (χ4n) is 2.98. The Hall–Kier alpha value is -1.84. The van der Waals surface area contributed by atoms with Crippen LogP contribution in [-0.2, 0) is 0 Å². The van der Waals surface area contributed by atoms with Gasteiger partial charge >= 0.3 is 0 Å². The summed E-state index contributed by atoms with van der Waals surface area (Å²) in [6.07, 6.45) is 3.96. The Bertz CT molecular complexity index is 620. The summed E-state index contributed by atoms with van der Waals surface area (Å²) in [6.45, 7) is 0. The highest BCUT2D eigenvalue weighted by Crippen LogP contribution is 2.20. The van der Waals surface area contributed by atoms with Crippen molar-refractivity contribution in [1.29, 1.82) is 0 Å². The summed E-state index contributed by atoms with van der Waals surface area (Å²) in [6, 6.07) is 18.5. The Kier molecular flexibility index (Phi) is 6.20. The lowest BCUT2D eigenvalue weighted by molar-refractivity contribution is 0.0926. The molecule has 0 spiro atoms. The first kappa shape index (κ1) is 17.5. The molecule has 0 bridgehead atoms. The summed E-state index contributed by atoms with van der Waals surface area (Å²) in [4.78, 5) is 12.3. The van der Waals surface area contributed by atoms with Gasteiger partial charge in [-0.05, 0) is 48.9 Å². The summed E-state index contributed by atoms with van der Waals surface area (Å²) in [5.41, 5.74) is 8.90. The van der Waals surface area contributed by atoms with Gasteiger partial charge in [0.2, 0.25) is 0 Å². The van der Waals surface area contributed by atoms with Crippen LogP contribution in [0.3, 0.4) is 0 Å². The maximum Gasteiger partial charge on any atom is 0.251 e. The number of benzene rings is 2. The van der Waals surface area contributed by atoms with Gasteiger partial charge in [-0.2, -0.15) is 0 Å². The summed E-state index contributed by atoms with van der Waals surface area (Å²) >= 11 is 0. The third-order valence-corrected chi connectivity index (χ3v) is 4.36. The molecule has 0 aliphatic heterocycles. The summed E-state index contributed by atoms with van der Waals surface area (Å²) < 4.78 is 0. The second-order valence-electron chi connectivity index (χ2n) is 6.03. The van der Waals surface area contributed by atoms with Crippen molar-refractivity contribution in [3.63, 3.8) is 0 Å². The third-order valence-electron chi connectivity index (χ3n) is 4.36. The molecule has 1 fully saturated rings. The van der Waals surface area contributed by atoms with E-state index in [-0.39, 0.29) is 24.4 Å². The number of nitrogens with one attached hydrogen (secondary N) is 1. The van der Waals surface area contributed by atoms with Crippen LogP contribution in [-0.4, -0.2) is 18.0 Å². The molecular formula is C19H23ClN2O. The number of carbonyl (C=O) groups is 1. The predicted molar refractivity (Wildman–Crippen MR) is 96.8 cm³/mol.